The molecule has 10 heterocycles. The molecule has 5 aliphatic rings. The third-order valence-electron chi connectivity index (χ3n) is 22.2. The SMILES string of the molecule is C.C=C1Oc2ccccc2[C-]=C1c1ccccn1.CC(=O)C=C(C)O.CC(C)N=Nc1c2c3c(cccc3c3ccccc13)CN2.CC(C)c1cccc(C(C)C)c1-n1ccnc1-c1[c-]cccc1.[2H]c1c([2H])c([2H])c2c(c1[2H])C[n+]1c([2H])c([2H])c([2H])c([2H])c1-2.[Ir].[Ir].[Ir].[Ir].[c-]1ccccc1-c1cc(-c2ccccc2)c2cc(-c3ccccc3)ccc2n1.[c-]1ccccc1-c1ccccn1.[c-]1ccccc1N1C=C2C=CC=CN2[CH-]1. The zero-order valence-corrected chi connectivity index (χ0v) is 87.7. The van der Waals surface area contributed by atoms with Crippen LogP contribution in [0, 0.1) is 37.0 Å². The number of aliphatic hydroxyl groups is 1. The molecule has 5 aromatic heterocycles. The topological polar surface area (TPSA) is 150 Å². The number of hydrogen-bond acceptors (Lipinski definition) is 12. The van der Waals surface area contributed by atoms with Crippen molar-refractivity contribution < 1.29 is 111 Å². The molecule has 0 bridgehead atoms. The second-order valence-electron chi connectivity index (χ2n) is 32.9. The van der Waals surface area contributed by atoms with E-state index in [1.165, 1.54) is 91.0 Å². The molecular formula is C123H108Ir4N11O3-5. The molecule has 18 heteroatoms. The number of benzene rings is 13. The van der Waals surface area contributed by atoms with Crippen LogP contribution in [0.3, 0.4) is 0 Å². The molecule has 141 heavy (non-hydrogen) atoms. The predicted octanol–water partition coefficient (Wildman–Crippen LogP) is 30.1. The predicted molar refractivity (Wildman–Crippen MR) is 561 cm³/mol. The summed E-state index contributed by atoms with van der Waals surface area (Å²) in [6.07, 6.45) is 21.9. The van der Waals surface area contributed by atoms with E-state index in [-0.39, 0.29) is 160 Å². The summed E-state index contributed by atoms with van der Waals surface area (Å²) in [5.41, 5.74) is 23.6. The Morgan fingerprint density at radius 3 is 1.79 bits per heavy atom. The van der Waals surface area contributed by atoms with E-state index in [0.717, 1.165) is 96.4 Å². The number of para-hydroxylation sites is 3. The molecule has 0 amide bonds. The Kier molecular flexibility index (Phi) is 35.7. The van der Waals surface area contributed by atoms with Gasteiger partial charge in [0, 0.05) is 169 Å². The van der Waals surface area contributed by atoms with Crippen molar-refractivity contribution in [2.45, 2.75) is 93.8 Å². The van der Waals surface area contributed by atoms with Crippen molar-refractivity contribution in [2.75, 3.05) is 10.2 Å². The van der Waals surface area contributed by atoms with Gasteiger partial charge in [0.05, 0.1) is 55.5 Å². The molecule has 0 unspecified atom stereocenters. The number of hydrogen-bond donors (Lipinski definition) is 2. The van der Waals surface area contributed by atoms with Crippen molar-refractivity contribution in [3.63, 3.8) is 0 Å². The van der Waals surface area contributed by atoms with Crippen LogP contribution in [0.4, 0.5) is 17.1 Å². The number of nitrogens with one attached hydrogen (secondary N) is 1. The summed E-state index contributed by atoms with van der Waals surface area (Å²) in [6.45, 7) is 22.8. The standard InChI is InChI=1S/C27H18N.C21H23N2.C18H17N3.C15H10NO.C13H10N2.C12H10N.C11H8N.C5H8O2.CH4.4Ir/c1-4-10-20(11-5-1)23-16-17-26-25(18-23)24(21-12-6-2-7-13-21)19-27(28-26)22-14-8-3-9-15-22;1-15(2)18-11-8-12-19(16(3)4)20(18)23-14-13-22-21(23)17-9-6-5-7-10-17;1-11(2)20-21-17-15-8-4-3-7-13(15)14-9-5-6-12-10-19-18(17)16(12)14;1-11-13(14-7-4-5-9-16-14)10-12-6-2-3-8-15(12)17-11;1-2-6-12(7-3-1)15-10-13-8-4-5-9-14(13)11-15;1-2-6-11-10(5-1)9-13-8-4-3-7-12(11)13;1-2-6-10(7-3-1)11-8-4-5-9-12-11;1-4(6)3-5(2)7;;;;;/h1-14,16-19H;5-9,11-16H,1-4H3;3-9,11,19H,10H2,1-2H3;2-9H,1H2;1-6,8-11H;1-8H,9H2;1-6,8-9H;3,6H,1-2H3;1H4;;;;/q2*-1;;-1;-2;+1;-1;;;;;;/i;;;;;1D,2D,3D,4D,5D,6D,7D,8D;;;;;;;. The maximum absolute atomic E-state index is 10.0. The monoisotopic (exact) mass is 2570 g/mol. The Morgan fingerprint density at radius 2 is 1.16 bits per heavy atom. The first-order chi connectivity index (χ1) is 69.9. The zero-order chi connectivity index (χ0) is 101. The Bertz CT molecular complexity index is 7760. The van der Waals surface area contributed by atoms with Crippen LogP contribution in [0.5, 0.6) is 5.75 Å². The van der Waals surface area contributed by atoms with Gasteiger partial charge in [0.25, 0.3) is 0 Å². The molecule has 0 atom stereocenters. The van der Waals surface area contributed by atoms with Gasteiger partial charge < -0.3 is 34.5 Å². The normalized spacial score (nSPS) is 12.9. The average molecular weight is 2570 g/mol. The van der Waals surface area contributed by atoms with E-state index >= 15 is 0 Å². The largest absolute Gasteiger partial charge is 0.527 e. The van der Waals surface area contributed by atoms with Crippen molar-refractivity contribution in [2.24, 2.45) is 10.2 Å². The first kappa shape index (κ1) is 95.7. The number of aromatic nitrogens is 6. The smallest absolute Gasteiger partial charge is 0.213 e. The summed E-state index contributed by atoms with van der Waals surface area (Å²) in [5.74, 6) is 3.17. The Hall–Kier alpha value is -14.2. The third-order valence-corrected chi connectivity index (χ3v) is 22.2. The Balaban J connectivity index is 0.000000164. The van der Waals surface area contributed by atoms with Crippen LogP contribution < -0.4 is 19.5 Å². The molecule has 23 rings (SSSR count). The maximum atomic E-state index is 10.0. The number of allylic oxidation sites excluding steroid dienone is 6. The minimum Gasteiger partial charge on any atom is -0.527 e. The second-order valence-corrected chi connectivity index (χ2v) is 32.9. The molecule has 2 N–H and O–H groups in total. The number of azo groups is 1. The number of pyridine rings is 4. The number of ketones is 1. The molecule has 14 nitrogen and oxygen atoms in total. The molecule has 18 aromatic rings. The molecule has 0 spiro atoms. The van der Waals surface area contributed by atoms with Gasteiger partial charge in [0.1, 0.15) is 7.06 Å². The van der Waals surface area contributed by atoms with Gasteiger partial charge in [-0.25, -0.2) is 0 Å². The molecule has 0 aliphatic carbocycles. The number of rotatable bonds is 13. The fraction of sp³-hybridized carbons (Fsp3) is 0.114. The van der Waals surface area contributed by atoms with E-state index in [2.05, 4.69) is 274 Å². The van der Waals surface area contributed by atoms with Gasteiger partial charge in [-0.15, -0.1) is 132 Å². The molecule has 5 aliphatic heterocycles. The van der Waals surface area contributed by atoms with E-state index in [1.807, 2.05) is 203 Å². The molecule has 0 saturated carbocycles. The van der Waals surface area contributed by atoms with Gasteiger partial charge in [-0.1, -0.05) is 253 Å². The first-order valence-corrected chi connectivity index (χ1v) is 45.0. The van der Waals surface area contributed by atoms with Crippen molar-refractivity contribution in [3.8, 4) is 78.9 Å². The summed E-state index contributed by atoms with van der Waals surface area (Å²) in [7, 11) is 0. The van der Waals surface area contributed by atoms with Gasteiger partial charge in [0.2, 0.25) is 5.69 Å². The number of ether oxygens (including phenoxy) is 1. The number of aliphatic hydroxyl groups excluding tert-OH is 1. The van der Waals surface area contributed by atoms with Gasteiger partial charge in [-0.2, -0.15) is 45.1 Å². The molecule has 4 radical (unpaired) electrons. The number of imidazole rings is 1. The van der Waals surface area contributed by atoms with Crippen molar-refractivity contribution in [1.29, 1.82) is 0 Å². The molecule has 714 valence electrons. The van der Waals surface area contributed by atoms with Crippen LogP contribution in [0.25, 0.3) is 111 Å². The van der Waals surface area contributed by atoms with E-state index in [1.54, 1.807) is 12.4 Å². The maximum Gasteiger partial charge on any atom is 0.213 e. The summed E-state index contributed by atoms with van der Waals surface area (Å²) < 4.78 is 71.7. The molecule has 0 fully saturated rings. The van der Waals surface area contributed by atoms with E-state index in [4.69, 9.17) is 25.8 Å². The van der Waals surface area contributed by atoms with Crippen LogP contribution in [0.1, 0.15) is 119 Å². The summed E-state index contributed by atoms with van der Waals surface area (Å²) in [6, 6.07) is 113. The number of anilines is 2. The van der Waals surface area contributed by atoms with Crippen LogP contribution in [0.2, 0.25) is 0 Å². The minimum atomic E-state index is -0.411. The Morgan fingerprint density at radius 1 is 0.560 bits per heavy atom. The van der Waals surface area contributed by atoms with Gasteiger partial charge in [-0.05, 0) is 162 Å². The summed E-state index contributed by atoms with van der Waals surface area (Å²) in [4.78, 5) is 32.2. The van der Waals surface area contributed by atoms with Gasteiger partial charge in [0.15, 0.2) is 18.5 Å². The number of fused-ring (bicyclic) bond motifs is 8. The van der Waals surface area contributed by atoms with Crippen molar-refractivity contribution in [1.82, 2.24) is 29.4 Å². The van der Waals surface area contributed by atoms with Gasteiger partial charge in [-0.3, -0.25) is 19.7 Å². The molecule has 0 saturated heterocycles. The van der Waals surface area contributed by atoms with E-state index < -0.39 is 12.1 Å². The van der Waals surface area contributed by atoms with E-state index in [0.29, 0.717) is 23.2 Å². The molecular weight excluding hydrogens is 2450 g/mol. The second kappa shape index (κ2) is 52.7. The van der Waals surface area contributed by atoms with Crippen LogP contribution in [0.15, 0.2) is 447 Å². The zero-order valence-electron chi connectivity index (χ0n) is 86.1. The quantitative estimate of drug-likeness (QED) is 0.0285. The number of carbonyl (C=O) groups is 1. The van der Waals surface area contributed by atoms with Crippen molar-refractivity contribution >= 4 is 60.9 Å². The third kappa shape index (κ3) is 27.3. The fourth-order valence-corrected chi connectivity index (χ4v) is 15.9. The van der Waals surface area contributed by atoms with Crippen LogP contribution in [-0.2, 0) is 98.3 Å². The number of carbonyl (C=O) groups excluding carboxylic acids is 1. The first-order valence-electron chi connectivity index (χ1n) is 49.0. The Labute approximate surface area is 894 Å². The van der Waals surface area contributed by atoms with E-state index in [9.17, 15) is 4.79 Å². The minimum absolute atomic E-state index is 0. The van der Waals surface area contributed by atoms with Crippen molar-refractivity contribution in [3.05, 3.63) is 508 Å². The molecule has 13 aromatic carbocycles. The van der Waals surface area contributed by atoms with Crippen LogP contribution in [-0.4, -0.2) is 46.3 Å². The van der Waals surface area contributed by atoms with Crippen LogP contribution >= 0.6 is 0 Å². The summed E-state index contributed by atoms with van der Waals surface area (Å²) in [5, 5.41) is 27.0. The number of nitrogens with zero attached hydrogens (tertiary/aromatic N) is 10. The average Bonchev–Trinajstić information content (AvgIpc) is 1.59. The van der Waals surface area contributed by atoms with Gasteiger partial charge >= 0.3 is 0 Å². The fourth-order valence-electron chi connectivity index (χ4n) is 15.9. The summed E-state index contributed by atoms with van der Waals surface area (Å²) >= 11 is 0.